The molecule has 0 aromatic heterocycles. The number of hydrogen-bond acceptors (Lipinski definition) is 3. The number of hydrogen-bond donors (Lipinski definition) is 1. The summed E-state index contributed by atoms with van der Waals surface area (Å²) in [5.74, 6) is 1.39. The summed E-state index contributed by atoms with van der Waals surface area (Å²) in [7, 11) is 3.28. The van der Waals surface area contributed by atoms with E-state index >= 15 is 0 Å². The minimum absolute atomic E-state index is 0.219. The second-order valence-corrected chi connectivity index (χ2v) is 4.41. The zero-order chi connectivity index (χ0) is 14.4. The predicted octanol–water partition coefficient (Wildman–Crippen LogP) is 3.13. The Labute approximate surface area is 118 Å². The van der Waals surface area contributed by atoms with Crippen LogP contribution in [-0.4, -0.2) is 14.2 Å². The van der Waals surface area contributed by atoms with E-state index in [1.165, 1.54) is 12.1 Å². The lowest BCUT2D eigenvalue weighted by Gasteiger charge is -2.11. The molecule has 2 aromatic carbocycles. The number of methoxy groups -OCH3 is 2. The first-order valence-electron chi connectivity index (χ1n) is 6.39. The molecule has 0 aliphatic heterocycles. The fraction of sp³-hybridized carbons (Fsp3) is 0.250. The summed E-state index contributed by atoms with van der Waals surface area (Å²) in [5, 5.41) is 3.31. The van der Waals surface area contributed by atoms with E-state index in [1.807, 2.05) is 18.2 Å². The number of nitrogens with one attached hydrogen (secondary N) is 1. The molecule has 106 valence electrons. The number of ether oxygens (including phenoxy) is 2. The molecule has 0 amide bonds. The third kappa shape index (κ3) is 3.71. The van der Waals surface area contributed by atoms with E-state index in [2.05, 4.69) is 5.32 Å². The van der Waals surface area contributed by atoms with Gasteiger partial charge in [-0.1, -0.05) is 12.1 Å². The molecule has 0 radical (unpaired) electrons. The van der Waals surface area contributed by atoms with E-state index in [-0.39, 0.29) is 5.82 Å². The molecule has 1 N–H and O–H groups in total. The molecule has 0 saturated carbocycles. The van der Waals surface area contributed by atoms with E-state index < -0.39 is 0 Å². The van der Waals surface area contributed by atoms with Gasteiger partial charge in [0.25, 0.3) is 0 Å². The third-order valence-corrected chi connectivity index (χ3v) is 3.05. The minimum atomic E-state index is -0.219. The Morgan fingerprint density at radius 3 is 2.35 bits per heavy atom. The van der Waals surface area contributed by atoms with Gasteiger partial charge in [0.2, 0.25) is 0 Å². The Kier molecular flexibility index (Phi) is 4.96. The zero-order valence-corrected chi connectivity index (χ0v) is 11.7. The molecule has 0 unspecified atom stereocenters. The third-order valence-electron chi connectivity index (χ3n) is 3.05. The first-order chi connectivity index (χ1) is 9.72. The molecule has 3 nitrogen and oxygen atoms in total. The van der Waals surface area contributed by atoms with Crippen molar-refractivity contribution in [1.29, 1.82) is 0 Å². The highest BCUT2D eigenvalue weighted by atomic mass is 19.1. The molecule has 0 bridgehead atoms. The molecule has 0 saturated heterocycles. The van der Waals surface area contributed by atoms with Crippen LogP contribution in [0.25, 0.3) is 0 Å². The second kappa shape index (κ2) is 6.91. The van der Waals surface area contributed by atoms with Crippen LogP contribution in [0.15, 0.2) is 42.5 Å². The molecule has 0 aliphatic rings. The second-order valence-electron chi connectivity index (χ2n) is 4.41. The average Bonchev–Trinajstić information content (AvgIpc) is 2.49. The highest BCUT2D eigenvalue weighted by molar-refractivity contribution is 5.40. The van der Waals surface area contributed by atoms with E-state index in [0.29, 0.717) is 13.1 Å². The molecule has 0 fully saturated rings. The highest BCUT2D eigenvalue weighted by Crippen LogP contribution is 2.23. The summed E-state index contributed by atoms with van der Waals surface area (Å²) in [6.07, 6.45) is 0. The van der Waals surface area contributed by atoms with Gasteiger partial charge in [0.05, 0.1) is 14.2 Å². The molecule has 0 aliphatic carbocycles. The summed E-state index contributed by atoms with van der Waals surface area (Å²) >= 11 is 0. The smallest absolute Gasteiger partial charge is 0.123 e. The largest absolute Gasteiger partial charge is 0.497 e. The van der Waals surface area contributed by atoms with E-state index in [9.17, 15) is 4.39 Å². The van der Waals surface area contributed by atoms with Crippen molar-refractivity contribution in [2.75, 3.05) is 14.2 Å². The van der Waals surface area contributed by atoms with Crippen LogP contribution in [-0.2, 0) is 13.1 Å². The van der Waals surface area contributed by atoms with Crippen LogP contribution in [0, 0.1) is 5.82 Å². The average molecular weight is 275 g/mol. The standard InChI is InChI=1S/C16H18FNO2/c1-19-15-7-8-16(20-2)13(9-15)11-18-10-12-3-5-14(17)6-4-12/h3-9,18H,10-11H2,1-2H3. The van der Waals surface area contributed by atoms with Crippen LogP contribution in [0.1, 0.15) is 11.1 Å². The van der Waals surface area contributed by atoms with Gasteiger partial charge >= 0.3 is 0 Å². The van der Waals surface area contributed by atoms with Gasteiger partial charge < -0.3 is 14.8 Å². The number of rotatable bonds is 6. The summed E-state index contributed by atoms with van der Waals surface area (Å²) in [6, 6.07) is 12.1. The SMILES string of the molecule is COc1ccc(OC)c(CNCc2ccc(F)cc2)c1. The van der Waals surface area contributed by atoms with Crippen molar-refractivity contribution in [3.05, 3.63) is 59.4 Å². The van der Waals surface area contributed by atoms with Gasteiger partial charge in [-0.25, -0.2) is 4.39 Å². The van der Waals surface area contributed by atoms with Crippen LogP contribution in [0.3, 0.4) is 0 Å². The minimum Gasteiger partial charge on any atom is -0.497 e. The van der Waals surface area contributed by atoms with Crippen LogP contribution >= 0.6 is 0 Å². The van der Waals surface area contributed by atoms with E-state index in [4.69, 9.17) is 9.47 Å². The van der Waals surface area contributed by atoms with Gasteiger partial charge in [0.15, 0.2) is 0 Å². The lowest BCUT2D eigenvalue weighted by Crippen LogP contribution is -2.13. The Morgan fingerprint density at radius 1 is 0.950 bits per heavy atom. The summed E-state index contributed by atoms with van der Waals surface area (Å²) < 4.78 is 23.3. The highest BCUT2D eigenvalue weighted by Gasteiger charge is 2.04. The molecule has 0 atom stereocenters. The van der Waals surface area contributed by atoms with Crippen molar-refractivity contribution in [3.63, 3.8) is 0 Å². The lowest BCUT2D eigenvalue weighted by molar-refractivity contribution is 0.397. The Hall–Kier alpha value is -2.07. The Morgan fingerprint density at radius 2 is 1.70 bits per heavy atom. The van der Waals surface area contributed by atoms with Crippen molar-refractivity contribution in [1.82, 2.24) is 5.32 Å². The maximum absolute atomic E-state index is 12.8. The van der Waals surface area contributed by atoms with Crippen molar-refractivity contribution in [2.24, 2.45) is 0 Å². The zero-order valence-electron chi connectivity index (χ0n) is 11.7. The van der Waals surface area contributed by atoms with Gasteiger partial charge in [-0.15, -0.1) is 0 Å². The van der Waals surface area contributed by atoms with Gasteiger partial charge in [-0.05, 0) is 35.9 Å². The Balaban J connectivity index is 1.97. The maximum atomic E-state index is 12.8. The molecule has 20 heavy (non-hydrogen) atoms. The summed E-state index contributed by atoms with van der Waals surface area (Å²) in [4.78, 5) is 0. The number of halogens is 1. The normalized spacial score (nSPS) is 10.3. The fourth-order valence-corrected chi connectivity index (χ4v) is 1.96. The molecule has 4 heteroatoms. The predicted molar refractivity (Wildman–Crippen MR) is 76.5 cm³/mol. The monoisotopic (exact) mass is 275 g/mol. The van der Waals surface area contributed by atoms with Gasteiger partial charge in [0.1, 0.15) is 17.3 Å². The summed E-state index contributed by atoms with van der Waals surface area (Å²) in [5.41, 5.74) is 2.06. The molecular weight excluding hydrogens is 257 g/mol. The van der Waals surface area contributed by atoms with Crippen molar-refractivity contribution >= 4 is 0 Å². The van der Waals surface area contributed by atoms with E-state index in [0.717, 1.165) is 22.6 Å². The molecule has 2 aromatic rings. The van der Waals surface area contributed by atoms with Crippen LogP contribution in [0.5, 0.6) is 11.5 Å². The Bertz CT molecular complexity index is 555. The topological polar surface area (TPSA) is 30.5 Å². The lowest BCUT2D eigenvalue weighted by atomic mass is 10.1. The van der Waals surface area contributed by atoms with Crippen molar-refractivity contribution in [3.8, 4) is 11.5 Å². The molecule has 0 heterocycles. The fourth-order valence-electron chi connectivity index (χ4n) is 1.96. The van der Waals surface area contributed by atoms with Crippen molar-refractivity contribution in [2.45, 2.75) is 13.1 Å². The van der Waals surface area contributed by atoms with Crippen LogP contribution < -0.4 is 14.8 Å². The van der Waals surface area contributed by atoms with E-state index in [1.54, 1.807) is 26.4 Å². The van der Waals surface area contributed by atoms with Gasteiger partial charge in [-0.2, -0.15) is 0 Å². The molecule has 0 spiro atoms. The maximum Gasteiger partial charge on any atom is 0.123 e. The molecular formula is C16H18FNO2. The quantitative estimate of drug-likeness (QED) is 0.878. The number of benzene rings is 2. The first-order valence-corrected chi connectivity index (χ1v) is 6.39. The van der Waals surface area contributed by atoms with Crippen LogP contribution in [0.4, 0.5) is 4.39 Å². The summed E-state index contributed by atoms with van der Waals surface area (Å²) in [6.45, 7) is 1.32. The van der Waals surface area contributed by atoms with Crippen molar-refractivity contribution < 1.29 is 13.9 Å². The molecule has 2 rings (SSSR count). The first kappa shape index (κ1) is 14.3. The van der Waals surface area contributed by atoms with Gasteiger partial charge in [-0.3, -0.25) is 0 Å². The van der Waals surface area contributed by atoms with Gasteiger partial charge in [0, 0.05) is 18.7 Å². The van der Waals surface area contributed by atoms with Crippen LogP contribution in [0.2, 0.25) is 0 Å².